The fourth-order valence-electron chi connectivity index (χ4n) is 4.06. The highest BCUT2D eigenvalue weighted by atomic mass is 19.1. The number of carbonyl (C=O) groups excluding carboxylic acids is 3. The van der Waals surface area contributed by atoms with Crippen LogP contribution >= 0.6 is 0 Å². The molecule has 2 N–H and O–H groups in total. The zero-order valence-corrected chi connectivity index (χ0v) is 22.7. The molecule has 0 bridgehead atoms. The number of anilines is 1. The van der Waals surface area contributed by atoms with Crippen LogP contribution in [0, 0.1) is 5.82 Å². The van der Waals surface area contributed by atoms with Crippen molar-refractivity contribution in [3.63, 3.8) is 0 Å². The van der Waals surface area contributed by atoms with Gasteiger partial charge in [0.05, 0.1) is 42.5 Å². The molecule has 0 fully saturated rings. The second-order valence-corrected chi connectivity index (χ2v) is 9.93. The summed E-state index contributed by atoms with van der Waals surface area (Å²) < 4.78 is 31.4. The van der Waals surface area contributed by atoms with Gasteiger partial charge in [-0.15, -0.1) is 0 Å². The zero-order chi connectivity index (χ0) is 28.9. The maximum absolute atomic E-state index is 15.5. The number of carbonyl (C=O) groups is 3. The van der Waals surface area contributed by atoms with Crippen LogP contribution in [0.1, 0.15) is 49.3 Å². The number of alkyl carbamates (subject to hydrolysis) is 1. The number of furan rings is 1. The number of nitrogens with zero attached hydrogens (tertiary/aromatic N) is 1. The lowest BCUT2D eigenvalue weighted by Crippen LogP contribution is -2.32. The lowest BCUT2D eigenvalue weighted by atomic mass is 9.99. The van der Waals surface area contributed by atoms with Crippen LogP contribution in [-0.2, 0) is 27.2 Å². The van der Waals surface area contributed by atoms with Crippen LogP contribution in [-0.4, -0.2) is 35.2 Å². The van der Waals surface area contributed by atoms with E-state index in [9.17, 15) is 14.4 Å². The average molecular weight is 548 g/mol. The molecular weight excluding hydrogens is 517 g/mol. The predicted octanol–water partition coefficient (Wildman–Crippen LogP) is 6.02. The SMILES string of the molecule is CCOC(=O)Cc1ccccc1NC(=O)c1cc(-c2ccnc(CNC(=O)OC(C)(C)C)c2)c2occc2c1F. The van der Waals surface area contributed by atoms with Crippen LogP contribution in [0.4, 0.5) is 14.9 Å². The molecule has 0 aliphatic rings. The molecule has 4 aromatic rings. The van der Waals surface area contributed by atoms with Gasteiger partial charge in [0.2, 0.25) is 0 Å². The van der Waals surface area contributed by atoms with Gasteiger partial charge < -0.3 is 24.5 Å². The molecule has 0 saturated carbocycles. The first-order valence-electron chi connectivity index (χ1n) is 12.7. The van der Waals surface area contributed by atoms with Crippen molar-refractivity contribution in [1.29, 1.82) is 0 Å². The Labute approximate surface area is 230 Å². The van der Waals surface area contributed by atoms with Crippen molar-refractivity contribution in [2.45, 2.75) is 46.3 Å². The van der Waals surface area contributed by atoms with Crippen LogP contribution in [0.5, 0.6) is 0 Å². The first-order chi connectivity index (χ1) is 19.1. The number of ether oxygens (including phenoxy) is 2. The molecule has 208 valence electrons. The first-order valence-corrected chi connectivity index (χ1v) is 12.7. The normalized spacial score (nSPS) is 11.2. The van der Waals surface area contributed by atoms with E-state index in [1.807, 2.05) is 0 Å². The van der Waals surface area contributed by atoms with E-state index < -0.39 is 29.4 Å². The van der Waals surface area contributed by atoms with Gasteiger partial charge in [0, 0.05) is 17.4 Å². The first kappa shape index (κ1) is 28.3. The molecule has 0 atom stereocenters. The number of pyridine rings is 1. The van der Waals surface area contributed by atoms with E-state index in [-0.39, 0.29) is 36.1 Å². The number of hydrogen-bond donors (Lipinski definition) is 2. The Bertz CT molecular complexity index is 1560. The van der Waals surface area contributed by atoms with E-state index in [4.69, 9.17) is 13.9 Å². The van der Waals surface area contributed by atoms with Crippen LogP contribution < -0.4 is 10.6 Å². The molecule has 0 saturated heterocycles. The van der Waals surface area contributed by atoms with Crippen LogP contribution in [0.3, 0.4) is 0 Å². The maximum atomic E-state index is 15.5. The van der Waals surface area contributed by atoms with Gasteiger partial charge in [-0.3, -0.25) is 14.6 Å². The molecule has 0 aliphatic heterocycles. The van der Waals surface area contributed by atoms with Gasteiger partial charge in [0.1, 0.15) is 17.0 Å². The second kappa shape index (κ2) is 12.0. The Morgan fingerprint density at radius 1 is 1.07 bits per heavy atom. The lowest BCUT2D eigenvalue weighted by Gasteiger charge is -2.19. The fraction of sp³-hybridized carbons (Fsp3) is 0.267. The number of rotatable bonds is 8. The van der Waals surface area contributed by atoms with Gasteiger partial charge >= 0.3 is 12.1 Å². The van der Waals surface area contributed by atoms with Crippen molar-refractivity contribution in [3.05, 3.63) is 83.6 Å². The van der Waals surface area contributed by atoms with Gasteiger partial charge in [-0.2, -0.15) is 0 Å². The largest absolute Gasteiger partial charge is 0.466 e. The summed E-state index contributed by atoms with van der Waals surface area (Å²) in [6.45, 7) is 7.33. The summed E-state index contributed by atoms with van der Waals surface area (Å²) in [7, 11) is 0. The predicted molar refractivity (Wildman–Crippen MR) is 147 cm³/mol. The minimum atomic E-state index is -0.742. The molecule has 4 rings (SSSR count). The van der Waals surface area contributed by atoms with Crippen LogP contribution in [0.25, 0.3) is 22.1 Å². The quantitative estimate of drug-likeness (QED) is 0.259. The van der Waals surface area contributed by atoms with Crippen molar-refractivity contribution < 1.29 is 32.7 Å². The fourth-order valence-corrected chi connectivity index (χ4v) is 4.06. The Kier molecular flexibility index (Phi) is 8.47. The molecule has 2 aromatic heterocycles. The molecule has 0 spiro atoms. The summed E-state index contributed by atoms with van der Waals surface area (Å²) in [5, 5.41) is 5.51. The third-order valence-electron chi connectivity index (χ3n) is 5.76. The molecule has 2 amide bonds. The lowest BCUT2D eigenvalue weighted by molar-refractivity contribution is -0.142. The minimum absolute atomic E-state index is 0.0457. The van der Waals surface area contributed by atoms with Crippen LogP contribution in [0.15, 0.2) is 65.4 Å². The van der Waals surface area contributed by atoms with E-state index >= 15 is 4.39 Å². The van der Waals surface area contributed by atoms with Gasteiger partial charge in [0.15, 0.2) is 0 Å². The second-order valence-electron chi connectivity index (χ2n) is 9.93. The number of halogens is 1. The Morgan fingerprint density at radius 2 is 1.85 bits per heavy atom. The Hall–Kier alpha value is -4.73. The molecule has 2 heterocycles. The molecule has 2 aromatic carbocycles. The molecule has 0 aliphatic carbocycles. The molecular formula is C30H30FN3O6. The summed E-state index contributed by atoms with van der Waals surface area (Å²) in [5.74, 6) is -1.88. The van der Waals surface area contributed by atoms with E-state index in [0.717, 1.165) is 0 Å². The third kappa shape index (κ3) is 6.82. The molecule has 10 heteroatoms. The van der Waals surface area contributed by atoms with E-state index in [1.54, 1.807) is 70.3 Å². The zero-order valence-electron chi connectivity index (χ0n) is 22.7. The number of para-hydroxylation sites is 1. The molecule has 0 radical (unpaired) electrons. The minimum Gasteiger partial charge on any atom is -0.466 e. The van der Waals surface area contributed by atoms with E-state index in [1.165, 1.54) is 18.4 Å². The number of amides is 2. The number of nitrogens with one attached hydrogen (secondary N) is 2. The number of aromatic nitrogens is 1. The van der Waals surface area contributed by atoms with Crippen molar-refractivity contribution in [2.24, 2.45) is 0 Å². The van der Waals surface area contributed by atoms with E-state index in [0.29, 0.717) is 28.1 Å². The summed E-state index contributed by atoms with van der Waals surface area (Å²) in [6, 6.07) is 13.0. The monoisotopic (exact) mass is 547 g/mol. The van der Waals surface area contributed by atoms with Gasteiger partial charge in [0.25, 0.3) is 5.91 Å². The highest BCUT2D eigenvalue weighted by molar-refractivity contribution is 6.09. The highest BCUT2D eigenvalue weighted by Crippen LogP contribution is 2.34. The standard InChI is InChI=1S/C30H30FN3O6/c1-5-38-25(35)15-19-8-6-7-9-24(19)34-28(36)23-16-22(27-21(26(23)31)11-13-39-27)18-10-12-32-20(14-18)17-33-29(37)40-30(2,3)4/h6-14,16H,5,15,17H2,1-4H3,(H,33,37)(H,34,36). The van der Waals surface area contributed by atoms with Gasteiger partial charge in [-0.1, -0.05) is 18.2 Å². The average Bonchev–Trinajstić information content (AvgIpc) is 3.39. The summed E-state index contributed by atoms with van der Waals surface area (Å²) in [4.78, 5) is 41.7. The molecule has 40 heavy (non-hydrogen) atoms. The number of esters is 1. The number of fused-ring (bicyclic) bond motifs is 1. The Morgan fingerprint density at radius 3 is 2.60 bits per heavy atom. The summed E-state index contributed by atoms with van der Waals surface area (Å²) >= 11 is 0. The molecule has 9 nitrogen and oxygen atoms in total. The van der Waals surface area contributed by atoms with Crippen molar-refractivity contribution in [2.75, 3.05) is 11.9 Å². The van der Waals surface area contributed by atoms with Gasteiger partial charge in [-0.25, -0.2) is 9.18 Å². The van der Waals surface area contributed by atoms with Crippen molar-refractivity contribution in [3.8, 4) is 11.1 Å². The van der Waals surface area contributed by atoms with Gasteiger partial charge in [-0.05, 0) is 69.2 Å². The van der Waals surface area contributed by atoms with Crippen molar-refractivity contribution in [1.82, 2.24) is 10.3 Å². The summed E-state index contributed by atoms with van der Waals surface area (Å²) in [6.07, 6.45) is 2.26. The van der Waals surface area contributed by atoms with E-state index in [2.05, 4.69) is 15.6 Å². The Balaban J connectivity index is 1.63. The van der Waals surface area contributed by atoms with Crippen molar-refractivity contribution >= 4 is 34.6 Å². The maximum Gasteiger partial charge on any atom is 0.407 e. The topological polar surface area (TPSA) is 120 Å². The smallest absolute Gasteiger partial charge is 0.407 e. The molecule has 0 unspecified atom stereocenters. The highest BCUT2D eigenvalue weighted by Gasteiger charge is 2.22. The third-order valence-corrected chi connectivity index (χ3v) is 5.76. The number of hydrogen-bond acceptors (Lipinski definition) is 7. The van der Waals surface area contributed by atoms with Crippen LogP contribution in [0.2, 0.25) is 0 Å². The summed E-state index contributed by atoms with van der Waals surface area (Å²) in [5.41, 5.74) is 1.90. The number of benzene rings is 2.